The first kappa shape index (κ1) is 6.84. The Morgan fingerprint density at radius 3 is 2.62 bits per heavy atom. The first-order valence-electron chi connectivity index (χ1n) is 4.18. The average Bonchev–Trinajstić information content (AvgIpc) is 2.47. The third kappa shape index (κ3) is 0.788. The van der Waals surface area contributed by atoms with Crippen molar-refractivity contribution in [2.45, 2.75) is 0 Å². The highest BCUT2D eigenvalue weighted by Gasteiger charge is 2.15. The maximum atomic E-state index is 13.3. The molecule has 0 bridgehead atoms. The van der Waals surface area contributed by atoms with E-state index < -0.39 is 0 Å². The average molecular weight is 169 g/mol. The Bertz CT molecular complexity index is 518. The van der Waals surface area contributed by atoms with Crippen molar-refractivity contribution in [2.75, 3.05) is 0 Å². The fourth-order valence-electron chi connectivity index (χ4n) is 1.81. The molecule has 0 N–H and O–H groups in total. The van der Waals surface area contributed by atoms with Gasteiger partial charge in [0, 0.05) is 11.6 Å². The van der Waals surface area contributed by atoms with Gasteiger partial charge in [0.25, 0.3) is 0 Å². The summed E-state index contributed by atoms with van der Waals surface area (Å²) in [6.45, 7) is 0. The molecular formula is C12H6F. The van der Waals surface area contributed by atoms with E-state index in [4.69, 9.17) is 0 Å². The van der Waals surface area contributed by atoms with Crippen LogP contribution in [0.15, 0.2) is 36.4 Å². The van der Waals surface area contributed by atoms with Gasteiger partial charge in [-0.3, -0.25) is 0 Å². The van der Waals surface area contributed by atoms with Gasteiger partial charge in [0.1, 0.15) is 5.83 Å². The minimum absolute atomic E-state index is 0.244. The van der Waals surface area contributed by atoms with Crippen LogP contribution in [0.3, 0.4) is 0 Å². The van der Waals surface area contributed by atoms with Gasteiger partial charge in [-0.2, -0.15) is 0 Å². The molecule has 0 saturated carbocycles. The lowest BCUT2D eigenvalue weighted by atomic mass is 10.0. The van der Waals surface area contributed by atoms with Crippen LogP contribution >= 0.6 is 0 Å². The third-order valence-corrected chi connectivity index (χ3v) is 2.39. The highest BCUT2D eigenvalue weighted by Crippen LogP contribution is 2.35. The van der Waals surface area contributed by atoms with Gasteiger partial charge in [-0.25, -0.2) is 4.39 Å². The van der Waals surface area contributed by atoms with Crippen LogP contribution in [-0.2, 0) is 0 Å². The Labute approximate surface area is 75.3 Å². The van der Waals surface area contributed by atoms with E-state index in [1.54, 1.807) is 6.07 Å². The van der Waals surface area contributed by atoms with Crippen LogP contribution in [0, 0.1) is 6.08 Å². The van der Waals surface area contributed by atoms with Crippen LogP contribution in [0.25, 0.3) is 16.6 Å². The van der Waals surface area contributed by atoms with Crippen LogP contribution in [-0.4, -0.2) is 0 Å². The molecule has 13 heavy (non-hydrogen) atoms. The Hall–Kier alpha value is -1.63. The van der Waals surface area contributed by atoms with E-state index in [0.29, 0.717) is 5.56 Å². The fraction of sp³-hybridized carbons (Fsp3) is 0. The summed E-state index contributed by atoms with van der Waals surface area (Å²) in [6, 6.07) is 11.5. The van der Waals surface area contributed by atoms with Crippen LogP contribution in [0.2, 0.25) is 0 Å². The van der Waals surface area contributed by atoms with Crippen LogP contribution < -0.4 is 0 Å². The summed E-state index contributed by atoms with van der Waals surface area (Å²) in [5.74, 6) is -0.244. The second-order valence-electron chi connectivity index (χ2n) is 3.15. The summed E-state index contributed by atoms with van der Waals surface area (Å²) in [4.78, 5) is 0. The SMILES string of the molecule is FC1=[C]c2cccc3cccc1c23. The quantitative estimate of drug-likeness (QED) is 0.567. The molecule has 0 amide bonds. The van der Waals surface area contributed by atoms with E-state index in [1.807, 2.05) is 30.3 Å². The standard InChI is InChI=1S/C12H6F/c13-11-7-9-5-1-3-8-4-2-6-10(11)12(8)9/h1-6H. The van der Waals surface area contributed by atoms with Crippen molar-refractivity contribution in [1.82, 2.24) is 0 Å². The number of benzene rings is 2. The van der Waals surface area contributed by atoms with Gasteiger partial charge in [0.15, 0.2) is 0 Å². The normalized spacial score (nSPS) is 13.5. The van der Waals surface area contributed by atoms with E-state index in [9.17, 15) is 4.39 Å². The maximum absolute atomic E-state index is 13.3. The van der Waals surface area contributed by atoms with E-state index in [-0.39, 0.29) is 5.83 Å². The first-order chi connectivity index (χ1) is 6.36. The largest absolute Gasteiger partial charge is 0.206 e. The molecule has 1 aliphatic carbocycles. The van der Waals surface area contributed by atoms with Gasteiger partial charge < -0.3 is 0 Å². The molecule has 0 saturated heterocycles. The number of rotatable bonds is 0. The highest BCUT2D eigenvalue weighted by atomic mass is 19.1. The zero-order chi connectivity index (χ0) is 8.84. The lowest BCUT2D eigenvalue weighted by Crippen LogP contribution is -1.77. The topological polar surface area (TPSA) is 0 Å². The Balaban J connectivity index is 2.59. The number of halogens is 1. The summed E-state index contributed by atoms with van der Waals surface area (Å²) in [7, 11) is 0. The fourth-order valence-corrected chi connectivity index (χ4v) is 1.81. The third-order valence-electron chi connectivity index (χ3n) is 2.39. The van der Waals surface area contributed by atoms with E-state index in [0.717, 1.165) is 16.3 Å². The second kappa shape index (κ2) is 2.19. The van der Waals surface area contributed by atoms with Gasteiger partial charge in [0.2, 0.25) is 0 Å². The minimum Gasteiger partial charge on any atom is -0.206 e. The summed E-state index contributed by atoms with van der Waals surface area (Å²) in [5.41, 5.74) is 1.54. The maximum Gasteiger partial charge on any atom is 0.139 e. The second-order valence-corrected chi connectivity index (χ2v) is 3.15. The van der Waals surface area contributed by atoms with E-state index in [2.05, 4.69) is 6.08 Å². The molecule has 0 unspecified atom stereocenters. The highest BCUT2D eigenvalue weighted by molar-refractivity contribution is 5.99. The van der Waals surface area contributed by atoms with Gasteiger partial charge in [0.05, 0.1) is 0 Å². The van der Waals surface area contributed by atoms with Crippen molar-refractivity contribution in [1.29, 1.82) is 0 Å². The lowest BCUT2D eigenvalue weighted by Gasteiger charge is -1.99. The Kier molecular flexibility index (Phi) is 1.15. The molecule has 0 aliphatic heterocycles. The summed E-state index contributed by atoms with van der Waals surface area (Å²) in [6.07, 6.45) is 2.72. The van der Waals surface area contributed by atoms with Crippen molar-refractivity contribution in [3.63, 3.8) is 0 Å². The monoisotopic (exact) mass is 169 g/mol. The van der Waals surface area contributed by atoms with Gasteiger partial charge in [-0.05, 0) is 16.3 Å². The first-order valence-corrected chi connectivity index (χ1v) is 4.18. The smallest absolute Gasteiger partial charge is 0.139 e. The van der Waals surface area contributed by atoms with Gasteiger partial charge >= 0.3 is 0 Å². The van der Waals surface area contributed by atoms with Crippen LogP contribution in [0.5, 0.6) is 0 Å². The van der Waals surface area contributed by atoms with Crippen molar-refractivity contribution < 1.29 is 4.39 Å². The predicted molar refractivity (Wildman–Crippen MR) is 50.8 cm³/mol. The van der Waals surface area contributed by atoms with Crippen LogP contribution in [0.4, 0.5) is 4.39 Å². The van der Waals surface area contributed by atoms with Gasteiger partial charge in [-0.15, -0.1) is 0 Å². The van der Waals surface area contributed by atoms with Gasteiger partial charge in [-0.1, -0.05) is 36.4 Å². The molecule has 1 radical (unpaired) electrons. The summed E-state index contributed by atoms with van der Waals surface area (Å²) in [5, 5.41) is 2.07. The molecule has 2 aromatic rings. The molecular weight excluding hydrogens is 163 g/mol. The molecule has 0 aromatic heterocycles. The van der Waals surface area contributed by atoms with Crippen LogP contribution in [0.1, 0.15) is 11.1 Å². The Morgan fingerprint density at radius 1 is 1.00 bits per heavy atom. The molecule has 1 aliphatic rings. The lowest BCUT2D eigenvalue weighted by molar-refractivity contribution is 0.761. The molecule has 61 valence electrons. The molecule has 0 atom stereocenters. The molecule has 3 rings (SSSR count). The summed E-state index contributed by atoms with van der Waals surface area (Å²) < 4.78 is 13.3. The zero-order valence-electron chi connectivity index (χ0n) is 6.84. The van der Waals surface area contributed by atoms with Crippen molar-refractivity contribution >= 4 is 16.6 Å². The molecule has 0 fully saturated rings. The molecule has 0 spiro atoms. The van der Waals surface area contributed by atoms with Crippen molar-refractivity contribution in [3.05, 3.63) is 53.6 Å². The minimum atomic E-state index is -0.244. The summed E-state index contributed by atoms with van der Waals surface area (Å²) >= 11 is 0. The van der Waals surface area contributed by atoms with Crippen molar-refractivity contribution in [2.24, 2.45) is 0 Å². The molecule has 0 heterocycles. The molecule has 0 nitrogen and oxygen atoms in total. The molecule has 2 aromatic carbocycles. The molecule has 1 heteroatoms. The predicted octanol–water partition coefficient (Wildman–Crippen LogP) is 3.32. The van der Waals surface area contributed by atoms with Crippen molar-refractivity contribution in [3.8, 4) is 0 Å². The van der Waals surface area contributed by atoms with E-state index >= 15 is 0 Å². The van der Waals surface area contributed by atoms with E-state index in [1.165, 1.54) is 0 Å². The Morgan fingerprint density at radius 2 is 1.77 bits per heavy atom. The zero-order valence-corrected chi connectivity index (χ0v) is 6.84. The number of hydrogen-bond donors (Lipinski definition) is 0. The number of hydrogen-bond acceptors (Lipinski definition) is 0.